The van der Waals surface area contributed by atoms with Gasteiger partial charge >= 0.3 is 6.03 Å². The summed E-state index contributed by atoms with van der Waals surface area (Å²) in [6.07, 6.45) is 0. The van der Waals surface area contributed by atoms with Crippen LogP contribution in [0.4, 0.5) is 4.79 Å². The summed E-state index contributed by atoms with van der Waals surface area (Å²) in [7, 11) is 0. The average Bonchev–Trinajstić information content (AvgIpc) is 3.07. The van der Waals surface area contributed by atoms with Crippen LogP contribution in [0.2, 0.25) is 0 Å². The monoisotopic (exact) mass is 357 g/mol. The van der Waals surface area contributed by atoms with E-state index >= 15 is 0 Å². The SMILES string of the molecule is Cl.O=C(N1CCN(Cc2ccccc2)CC1)n1nnc2ccccc21. The second-order valence-corrected chi connectivity index (χ2v) is 6.02. The first kappa shape index (κ1) is 17.4. The van der Waals surface area contributed by atoms with Gasteiger partial charge in [0.1, 0.15) is 5.52 Å². The molecule has 2 aromatic carbocycles. The summed E-state index contributed by atoms with van der Waals surface area (Å²) in [6.45, 7) is 4.08. The molecule has 0 saturated carbocycles. The summed E-state index contributed by atoms with van der Waals surface area (Å²) in [5, 5.41) is 8.08. The summed E-state index contributed by atoms with van der Waals surface area (Å²) in [6, 6.07) is 17.9. The molecule has 0 radical (unpaired) electrons. The highest BCUT2D eigenvalue weighted by molar-refractivity contribution is 5.87. The van der Waals surface area contributed by atoms with E-state index in [0.29, 0.717) is 13.1 Å². The number of para-hydroxylation sites is 1. The molecule has 6 nitrogen and oxygen atoms in total. The number of amides is 1. The fourth-order valence-electron chi connectivity index (χ4n) is 3.08. The van der Waals surface area contributed by atoms with Crippen LogP contribution in [0, 0.1) is 0 Å². The highest BCUT2D eigenvalue weighted by Crippen LogP contribution is 2.13. The zero-order chi connectivity index (χ0) is 16.4. The summed E-state index contributed by atoms with van der Waals surface area (Å²) in [5.74, 6) is 0. The van der Waals surface area contributed by atoms with Gasteiger partial charge in [-0.2, -0.15) is 4.68 Å². The number of fused-ring (bicyclic) bond motifs is 1. The molecule has 4 rings (SSSR count). The molecule has 2 heterocycles. The molecular formula is C18H20ClN5O. The zero-order valence-electron chi connectivity index (χ0n) is 13.8. The van der Waals surface area contributed by atoms with Crippen LogP contribution in [0.15, 0.2) is 54.6 Å². The molecule has 1 aliphatic rings. The van der Waals surface area contributed by atoms with Crippen molar-refractivity contribution in [2.75, 3.05) is 26.2 Å². The van der Waals surface area contributed by atoms with E-state index in [-0.39, 0.29) is 18.4 Å². The van der Waals surface area contributed by atoms with Crippen LogP contribution in [-0.2, 0) is 6.54 Å². The Labute approximate surface area is 152 Å². The van der Waals surface area contributed by atoms with E-state index in [1.807, 2.05) is 35.2 Å². The van der Waals surface area contributed by atoms with Crippen molar-refractivity contribution in [1.82, 2.24) is 24.8 Å². The van der Waals surface area contributed by atoms with E-state index < -0.39 is 0 Å². The Morgan fingerprint density at radius 3 is 2.36 bits per heavy atom. The van der Waals surface area contributed by atoms with Crippen LogP contribution in [0.25, 0.3) is 11.0 Å². The van der Waals surface area contributed by atoms with E-state index in [1.54, 1.807) is 0 Å². The number of carbonyl (C=O) groups is 1. The number of aromatic nitrogens is 3. The van der Waals surface area contributed by atoms with Gasteiger partial charge in [-0.3, -0.25) is 4.90 Å². The molecule has 7 heteroatoms. The minimum absolute atomic E-state index is 0. The lowest BCUT2D eigenvalue weighted by molar-refractivity contribution is 0.134. The van der Waals surface area contributed by atoms with Crippen molar-refractivity contribution < 1.29 is 4.79 Å². The van der Waals surface area contributed by atoms with Crippen molar-refractivity contribution in [3.05, 3.63) is 60.2 Å². The standard InChI is InChI=1S/C18H19N5O.ClH/c24-18(23-17-9-5-4-8-16(17)19-20-23)22-12-10-21(11-13-22)14-15-6-2-1-3-7-15;/h1-9H,10-14H2;1H. The second-order valence-electron chi connectivity index (χ2n) is 6.02. The minimum atomic E-state index is -0.0944. The molecule has 0 atom stereocenters. The molecular weight excluding hydrogens is 338 g/mol. The molecule has 25 heavy (non-hydrogen) atoms. The van der Waals surface area contributed by atoms with Crippen molar-refractivity contribution in [1.29, 1.82) is 0 Å². The number of nitrogens with zero attached hydrogens (tertiary/aromatic N) is 5. The average molecular weight is 358 g/mol. The third-order valence-corrected chi connectivity index (χ3v) is 4.42. The minimum Gasteiger partial charge on any atom is -0.320 e. The second kappa shape index (κ2) is 7.63. The lowest BCUT2D eigenvalue weighted by atomic mass is 10.2. The Balaban J connectivity index is 0.00000182. The van der Waals surface area contributed by atoms with E-state index in [2.05, 4.69) is 39.5 Å². The van der Waals surface area contributed by atoms with E-state index in [1.165, 1.54) is 10.2 Å². The molecule has 1 aromatic heterocycles. The molecule has 1 fully saturated rings. The van der Waals surface area contributed by atoms with Crippen LogP contribution >= 0.6 is 12.4 Å². The number of benzene rings is 2. The van der Waals surface area contributed by atoms with E-state index in [9.17, 15) is 4.79 Å². The summed E-state index contributed by atoms with van der Waals surface area (Å²) in [4.78, 5) is 16.9. The van der Waals surface area contributed by atoms with Crippen LogP contribution in [0.3, 0.4) is 0 Å². The Kier molecular flexibility index (Phi) is 5.31. The molecule has 0 unspecified atom stereocenters. The van der Waals surface area contributed by atoms with E-state index in [0.717, 1.165) is 30.7 Å². The number of piperazine rings is 1. The van der Waals surface area contributed by atoms with Gasteiger partial charge in [0.05, 0.1) is 5.52 Å². The molecule has 3 aromatic rings. The fraction of sp³-hybridized carbons (Fsp3) is 0.278. The molecule has 130 valence electrons. The van der Waals surface area contributed by atoms with Gasteiger partial charge in [-0.25, -0.2) is 4.79 Å². The Morgan fingerprint density at radius 1 is 0.920 bits per heavy atom. The zero-order valence-corrected chi connectivity index (χ0v) is 14.6. The Hall–Kier alpha value is -2.44. The van der Waals surface area contributed by atoms with Crippen LogP contribution in [-0.4, -0.2) is 57.0 Å². The number of halogens is 1. The number of hydrogen-bond donors (Lipinski definition) is 0. The van der Waals surface area contributed by atoms with Crippen molar-refractivity contribution in [3.63, 3.8) is 0 Å². The topological polar surface area (TPSA) is 54.3 Å². The molecule has 1 saturated heterocycles. The maximum Gasteiger partial charge on any atom is 0.346 e. The predicted molar refractivity (Wildman–Crippen MR) is 98.9 cm³/mol. The van der Waals surface area contributed by atoms with Crippen LogP contribution in [0.1, 0.15) is 5.56 Å². The lowest BCUT2D eigenvalue weighted by Crippen LogP contribution is -2.49. The molecule has 0 spiro atoms. The van der Waals surface area contributed by atoms with Crippen molar-refractivity contribution in [2.24, 2.45) is 0 Å². The highest BCUT2D eigenvalue weighted by atomic mass is 35.5. The van der Waals surface area contributed by atoms with Gasteiger partial charge in [-0.05, 0) is 17.7 Å². The molecule has 1 amide bonds. The molecule has 0 aliphatic carbocycles. The van der Waals surface area contributed by atoms with Gasteiger partial charge in [0.25, 0.3) is 0 Å². The quantitative estimate of drug-likeness (QED) is 0.707. The number of hydrogen-bond acceptors (Lipinski definition) is 4. The summed E-state index contributed by atoms with van der Waals surface area (Å²) >= 11 is 0. The maximum absolute atomic E-state index is 12.7. The normalized spacial score (nSPS) is 15.1. The molecule has 0 N–H and O–H groups in total. The fourth-order valence-corrected chi connectivity index (χ4v) is 3.08. The predicted octanol–water partition coefficient (Wildman–Crippen LogP) is 2.64. The molecule has 1 aliphatic heterocycles. The van der Waals surface area contributed by atoms with Crippen LogP contribution in [0.5, 0.6) is 0 Å². The first-order valence-corrected chi connectivity index (χ1v) is 8.17. The van der Waals surface area contributed by atoms with Gasteiger partial charge in [0.2, 0.25) is 0 Å². The van der Waals surface area contributed by atoms with Gasteiger partial charge in [-0.1, -0.05) is 47.7 Å². The number of rotatable bonds is 2. The van der Waals surface area contributed by atoms with Gasteiger partial charge in [0, 0.05) is 32.7 Å². The summed E-state index contributed by atoms with van der Waals surface area (Å²) in [5.41, 5.74) is 2.81. The summed E-state index contributed by atoms with van der Waals surface area (Å²) < 4.78 is 1.40. The van der Waals surface area contributed by atoms with Crippen molar-refractivity contribution in [3.8, 4) is 0 Å². The smallest absolute Gasteiger partial charge is 0.320 e. The first-order valence-electron chi connectivity index (χ1n) is 8.17. The largest absolute Gasteiger partial charge is 0.346 e. The van der Waals surface area contributed by atoms with Gasteiger partial charge in [0.15, 0.2) is 0 Å². The van der Waals surface area contributed by atoms with Crippen LogP contribution < -0.4 is 0 Å². The van der Waals surface area contributed by atoms with Crippen molar-refractivity contribution in [2.45, 2.75) is 6.54 Å². The lowest BCUT2D eigenvalue weighted by Gasteiger charge is -2.34. The third kappa shape index (κ3) is 3.65. The number of carbonyl (C=O) groups excluding carboxylic acids is 1. The third-order valence-electron chi connectivity index (χ3n) is 4.42. The van der Waals surface area contributed by atoms with Crippen molar-refractivity contribution >= 4 is 29.5 Å². The Morgan fingerprint density at radius 2 is 1.60 bits per heavy atom. The van der Waals surface area contributed by atoms with E-state index in [4.69, 9.17) is 0 Å². The highest BCUT2D eigenvalue weighted by Gasteiger charge is 2.24. The van der Waals surface area contributed by atoms with Gasteiger partial charge < -0.3 is 4.90 Å². The van der Waals surface area contributed by atoms with Gasteiger partial charge in [-0.15, -0.1) is 17.5 Å². The molecule has 0 bridgehead atoms. The first-order chi connectivity index (χ1) is 11.8. The maximum atomic E-state index is 12.7. The Bertz CT molecular complexity index is 843.